The molecule has 0 saturated carbocycles. The lowest BCUT2D eigenvalue weighted by Gasteiger charge is -2.23. The molecule has 0 amide bonds. The molecule has 0 radical (unpaired) electrons. The van der Waals surface area contributed by atoms with Crippen molar-refractivity contribution < 1.29 is 0 Å². The Bertz CT molecular complexity index is 691. The molecule has 0 aliphatic carbocycles. The maximum Gasteiger partial charge on any atom is 0.185 e. The summed E-state index contributed by atoms with van der Waals surface area (Å²) in [5, 5.41) is 21.0. The normalized spacial score (nSPS) is 15.5. The van der Waals surface area contributed by atoms with Crippen molar-refractivity contribution in [3.8, 4) is 6.07 Å². The average Bonchev–Trinajstić information content (AvgIpc) is 2.95. The third kappa shape index (κ3) is 2.74. The maximum atomic E-state index is 9.46. The second-order valence-electron chi connectivity index (χ2n) is 5.36. The van der Waals surface area contributed by atoms with E-state index in [1.54, 1.807) is 11.3 Å². The van der Waals surface area contributed by atoms with Crippen LogP contribution in [0.25, 0.3) is 0 Å². The van der Waals surface area contributed by atoms with Crippen LogP contribution in [0.2, 0.25) is 0 Å². The van der Waals surface area contributed by atoms with Gasteiger partial charge in [-0.2, -0.15) is 10.4 Å². The smallest absolute Gasteiger partial charge is 0.185 e. The first-order valence-corrected chi connectivity index (χ1v) is 8.22. The Balaban J connectivity index is 1.82. The van der Waals surface area contributed by atoms with Crippen LogP contribution in [0, 0.1) is 25.2 Å². The molecule has 3 heterocycles. The quantitative estimate of drug-likeness (QED) is 0.846. The summed E-state index contributed by atoms with van der Waals surface area (Å²) in [6.07, 6.45) is 2.85. The van der Waals surface area contributed by atoms with E-state index in [0.29, 0.717) is 11.4 Å². The van der Waals surface area contributed by atoms with Crippen molar-refractivity contribution in [3.63, 3.8) is 0 Å². The van der Waals surface area contributed by atoms with Crippen molar-refractivity contribution in [2.45, 2.75) is 20.3 Å². The van der Waals surface area contributed by atoms with Gasteiger partial charge in [-0.3, -0.25) is 0 Å². The summed E-state index contributed by atoms with van der Waals surface area (Å²) in [7, 11) is 0. The van der Waals surface area contributed by atoms with Crippen LogP contribution in [0.4, 0.5) is 10.9 Å². The van der Waals surface area contributed by atoms with Gasteiger partial charge < -0.3 is 9.80 Å². The van der Waals surface area contributed by atoms with Crippen LogP contribution in [-0.4, -0.2) is 41.4 Å². The summed E-state index contributed by atoms with van der Waals surface area (Å²) in [6.45, 7) is 7.39. The van der Waals surface area contributed by atoms with E-state index in [0.717, 1.165) is 49.0 Å². The number of hydrogen-bond donors (Lipinski definition) is 0. The number of anilines is 2. The van der Waals surface area contributed by atoms with Crippen molar-refractivity contribution >= 4 is 22.3 Å². The highest BCUT2D eigenvalue weighted by Gasteiger charge is 2.21. The Kier molecular flexibility index (Phi) is 4.20. The highest BCUT2D eigenvalue weighted by atomic mass is 32.1. The van der Waals surface area contributed by atoms with E-state index in [1.165, 1.54) is 0 Å². The van der Waals surface area contributed by atoms with Gasteiger partial charge in [-0.25, -0.2) is 4.98 Å². The number of hydrogen-bond acceptors (Lipinski definition) is 7. The lowest BCUT2D eigenvalue weighted by Crippen LogP contribution is -2.32. The number of nitrogens with zero attached hydrogens (tertiary/aromatic N) is 6. The van der Waals surface area contributed by atoms with Crippen molar-refractivity contribution in [2.75, 3.05) is 36.0 Å². The van der Waals surface area contributed by atoms with Gasteiger partial charge in [-0.15, -0.1) is 16.4 Å². The summed E-state index contributed by atoms with van der Waals surface area (Å²) < 4.78 is 0. The molecule has 7 heteroatoms. The standard InChI is InChI=1S/C15H18N6S/c1-11-12(2)18-19-14(13(11)10-16)20-5-3-6-21(8-7-20)15-17-4-9-22-15/h4,9H,3,5-8H2,1-2H3. The zero-order chi connectivity index (χ0) is 15.5. The van der Waals surface area contributed by atoms with Crippen molar-refractivity contribution in [1.82, 2.24) is 15.2 Å². The Morgan fingerprint density at radius 2 is 1.91 bits per heavy atom. The zero-order valence-electron chi connectivity index (χ0n) is 12.8. The minimum absolute atomic E-state index is 0.648. The lowest BCUT2D eigenvalue weighted by atomic mass is 10.1. The van der Waals surface area contributed by atoms with E-state index in [-0.39, 0.29) is 0 Å². The molecular weight excluding hydrogens is 296 g/mol. The van der Waals surface area contributed by atoms with Crippen molar-refractivity contribution in [2.24, 2.45) is 0 Å². The van der Waals surface area contributed by atoms with E-state index in [1.807, 2.05) is 25.4 Å². The first-order chi connectivity index (χ1) is 10.7. The molecule has 0 spiro atoms. The number of aryl methyl sites for hydroxylation is 1. The number of thiazole rings is 1. The Hall–Kier alpha value is -2.20. The topological polar surface area (TPSA) is 68.9 Å². The van der Waals surface area contributed by atoms with Crippen LogP contribution < -0.4 is 9.80 Å². The Labute approximate surface area is 134 Å². The SMILES string of the molecule is Cc1nnc(N2CCCN(c3nccs3)CC2)c(C#N)c1C. The molecular formula is C15H18N6S. The van der Waals surface area contributed by atoms with Gasteiger partial charge in [0.25, 0.3) is 0 Å². The van der Waals surface area contributed by atoms with Crippen molar-refractivity contribution in [3.05, 3.63) is 28.4 Å². The third-order valence-electron chi connectivity index (χ3n) is 4.03. The highest BCUT2D eigenvalue weighted by molar-refractivity contribution is 7.13. The van der Waals surface area contributed by atoms with E-state index in [9.17, 15) is 5.26 Å². The molecule has 3 rings (SSSR count). The molecule has 1 saturated heterocycles. The maximum absolute atomic E-state index is 9.46. The van der Waals surface area contributed by atoms with Gasteiger partial charge in [0.2, 0.25) is 0 Å². The van der Waals surface area contributed by atoms with E-state index < -0.39 is 0 Å². The van der Waals surface area contributed by atoms with E-state index in [2.05, 4.69) is 31.1 Å². The van der Waals surface area contributed by atoms with Crippen molar-refractivity contribution in [1.29, 1.82) is 5.26 Å². The van der Waals surface area contributed by atoms with Gasteiger partial charge in [0.15, 0.2) is 10.9 Å². The fraction of sp³-hybridized carbons (Fsp3) is 0.467. The largest absolute Gasteiger partial charge is 0.352 e. The number of aromatic nitrogens is 3. The minimum Gasteiger partial charge on any atom is -0.352 e. The van der Waals surface area contributed by atoms with Crippen LogP contribution in [0.15, 0.2) is 11.6 Å². The predicted molar refractivity (Wildman–Crippen MR) is 87.4 cm³/mol. The van der Waals surface area contributed by atoms with Crippen LogP contribution in [0.3, 0.4) is 0 Å². The van der Waals surface area contributed by atoms with Crippen LogP contribution >= 0.6 is 11.3 Å². The lowest BCUT2D eigenvalue weighted by molar-refractivity contribution is 0.778. The first kappa shape index (κ1) is 14.7. The monoisotopic (exact) mass is 314 g/mol. The summed E-state index contributed by atoms with van der Waals surface area (Å²) in [4.78, 5) is 8.85. The molecule has 114 valence electrons. The average molecular weight is 314 g/mol. The second-order valence-corrected chi connectivity index (χ2v) is 6.24. The molecule has 1 aliphatic rings. The molecule has 0 N–H and O–H groups in total. The Morgan fingerprint density at radius 3 is 2.64 bits per heavy atom. The number of rotatable bonds is 2. The summed E-state index contributed by atoms with van der Waals surface area (Å²) in [5.41, 5.74) is 2.39. The molecule has 2 aromatic rings. The van der Waals surface area contributed by atoms with Gasteiger partial charge in [-0.05, 0) is 25.8 Å². The van der Waals surface area contributed by atoms with Crippen LogP contribution in [0.5, 0.6) is 0 Å². The summed E-state index contributed by atoms with van der Waals surface area (Å²) >= 11 is 1.66. The number of nitriles is 1. The van der Waals surface area contributed by atoms with Crippen LogP contribution in [-0.2, 0) is 0 Å². The predicted octanol–water partition coefficient (Wildman–Crippen LogP) is 2.14. The molecule has 1 aliphatic heterocycles. The molecule has 6 nitrogen and oxygen atoms in total. The van der Waals surface area contributed by atoms with Gasteiger partial charge in [0, 0.05) is 37.8 Å². The summed E-state index contributed by atoms with van der Waals surface area (Å²) in [6, 6.07) is 2.29. The van der Waals surface area contributed by atoms with Gasteiger partial charge >= 0.3 is 0 Å². The van der Waals surface area contributed by atoms with Crippen LogP contribution in [0.1, 0.15) is 23.2 Å². The fourth-order valence-corrected chi connectivity index (χ4v) is 3.34. The molecule has 22 heavy (non-hydrogen) atoms. The van der Waals surface area contributed by atoms with E-state index in [4.69, 9.17) is 0 Å². The van der Waals surface area contributed by atoms with Gasteiger partial charge in [0.1, 0.15) is 11.6 Å². The first-order valence-electron chi connectivity index (χ1n) is 7.34. The second kappa shape index (κ2) is 6.28. The third-order valence-corrected chi connectivity index (χ3v) is 4.87. The molecule has 1 fully saturated rings. The fourth-order valence-electron chi connectivity index (χ4n) is 2.64. The molecule has 0 unspecified atom stereocenters. The molecule has 0 atom stereocenters. The highest BCUT2D eigenvalue weighted by Crippen LogP contribution is 2.24. The van der Waals surface area contributed by atoms with Gasteiger partial charge in [-0.1, -0.05) is 0 Å². The molecule has 2 aromatic heterocycles. The zero-order valence-corrected chi connectivity index (χ0v) is 13.6. The van der Waals surface area contributed by atoms with Gasteiger partial charge in [0.05, 0.1) is 5.69 Å². The molecule has 0 bridgehead atoms. The Morgan fingerprint density at radius 1 is 1.14 bits per heavy atom. The molecule has 0 aromatic carbocycles. The minimum atomic E-state index is 0.648. The summed E-state index contributed by atoms with van der Waals surface area (Å²) in [5.74, 6) is 0.714. The van der Waals surface area contributed by atoms with E-state index >= 15 is 0 Å².